The molecule has 2 aromatic rings. The van der Waals surface area contributed by atoms with E-state index in [1.807, 2.05) is 6.07 Å². The van der Waals surface area contributed by atoms with Gasteiger partial charge in [0.05, 0.1) is 5.69 Å². The van der Waals surface area contributed by atoms with Crippen molar-refractivity contribution in [2.24, 2.45) is 0 Å². The van der Waals surface area contributed by atoms with Crippen molar-refractivity contribution in [3.8, 4) is 6.07 Å². The number of hydrogen-bond donors (Lipinski definition) is 1. The molecule has 0 aliphatic heterocycles. The Morgan fingerprint density at radius 2 is 1.78 bits per heavy atom. The van der Waals surface area contributed by atoms with Crippen LogP contribution in [0.2, 0.25) is 5.02 Å². The lowest BCUT2D eigenvalue weighted by atomic mass is 10.1. The molecule has 0 aliphatic rings. The summed E-state index contributed by atoms with van der Waals surface area (Å²) in [6.45, 7) is 1.41. The molecule has 5 heteroatoms. The lowest BCUT2D eigenvalue weighted by molar-refractivity contribution is -0.112. The number of anilines is 1. The summed E-state index contributed by atoms with van der Waals surface area (Å²) >= 11 is 6.03. The highest BCUT2D eigenvalue weighted by molar-refractivity contribution is 6.32. The van der Waals surface area contributed by atoms with E-state index in [1.165, 1.54) is 13.0 Å². The molecule has 114 valence electrons. The van der Waals surface area contributed by atoms with E-state index in [1.54, 1.807) is 48.5 Å². The zero-order valence-electron chi connectivity index (χ0n) is 12.3. The summed E-state index contributed by atoms with van der Waals surface area (Å²) in [5.41, 5.74) is 1.22. The molecule has 0 saturated heterocycles. The second kappa shape index (κ2) is 7.39. The largest absolute Gasteiger partial charge is 0.321 e. The standard InChI is InChI=1S/C18H13ClN2O2/c1-12(22)15-7-3-5-9-17(15)21-18(23)14(11-20)10-13-6-2-4-8-16(13)19/h2-10H,1H3,(H,21,23)/b14-10-. The van der Waals surface area contributed by atoms with Gasteiger partial charge in [-0.2, -0.15) is 5.26 Å². The third-order valence-electron chi connectivity index (χ3n) is 3.12. The summed E-state index contributed by atoms with van der Waals surface area (Å²) in [5, 5.41) is 12.2. The molecule has 0 unspecified atom stereocenters. The highest BCUT2D eigenvalue weighted by Crippen LogP contribution is 2.20. The first-order chi connectivity index (χ1) is 11.0. The van der Waals surface area contributed by atoms with Crippen molar-refractivity contribution in [3.05, 3.63) is 70.3 Å². The SMILES string of the molecule is CC(=O)c1ccccc1NC(=O)/C(C#N)=C\c1ccccc1Cl. The Morgan fingerprint density at radius 1 is 1.13 bits per heavy atom. The van der Waals surface area contributed by atoms with E-state index in [9.17, 15) is 14.9 Å². The predicted molar refractivity (Wildman–Crippen MR) is 90.1 cm³/mol. The molecule has 0 radical (unpaired) electrons. The van der Waals surface area contributed by atoms with E-state index in [-0.39, 0.29) is 11.4 Å². The number of amides is 1. The highest BCUT2D eigenvalue weighted by Gasteiger charge is 2.13. The lowest BCUT2D eigenvalue weighted by Gasteiger charge is -2.08. The van der Waals surface area contributed by atoms with Gasteiger partial charge in [0.15, 0.2) is 5.78 Å². The van der Waals surface area contributed by atoms with E-state index < -0.39 is 5.91 Å². The van der Waals surface area contributed by atoms with Crippen LogP contribution in [0.1, 0.15) is 22.8 Å². The van der Waals surface area contributed by atoms with Gasteiger partial charge in [-0.1, -0.05) is 41.9 Å². The van der Waals surface area contributed by atoms with E-state index >= 15 is 0 Å². The molecule has 0 aliphatic carbocycles. The van der Waals surface area contributed by atoms with Crippen molar-refractivity contribution in [2.75, 3.05) is 5.32 Å². The van der Waals surface area contributed by atoms with Crippen molar-refractivity contribution in [3.63, 3.8) is 0 Å². The topological polar surface area (TPSA) is 70.0 Å². The molecule has 2 aromatic carbocycles. The number of nitrogens with one attached hydrogen (secondary N) is 1. The molecule has 0 fully saturated rings. The Bertz CT molecular complexity index is 835. The Labute approximate surface area is 139 Å². The summed E-state index contributed by atoms with van der Waals surface area (Å²) in [5.74, 6) is -0.768. The van der Waals surface area contributed by atoms with Gasteiger partial charge in [0.2, 0.25) is 0 Å². The Hall–Kier alpha value is -2.90. The fourth-order valence-electron chi connectivity index (χ4n) is 1.99. The number of para-hydroxylation sites is 1. The molecule has 1 amide bonds. The van der Waals surface area contributed by atoms with Gasteiger partial charge in [-0.3, -0.25) is 9.59 Å². The third-order valence-corrected chi connectivity index (χ3v) is 3.47. The molecular formula is C18H13ClN2O2. The van der Waals surface area contributed by atoms with Crippen LogP contribution in [0.5, 0.6) is 0 Å². The van der Waals surface area contributed by atoms with Gasteiger partial charge in [0.1, 0.15) is 11.6 Å². The average Bonchev–Trinajstić information content (AvgIpc) is 2.54. The minimum absolute atomic E-state index is 0.101. The van der Waals surface area contributed by atoms with Crippen LogP contribution in [0.25, 0.3) is 6.08 Å². The third kappa shape index (κ3) is 4.06. The molecule has 0 bridgehead atoms. The zero-order valence-corrected chi connectivity index (χ0v) is 13.1. The minimum atomic E-state index is -0.596. The maximum Gasteiger partial charge on any atom is 0.266 e. The molecule has 1 N–H and O–H groups in total. The predicted octanol–water partition coefficient (Wildman–Crippen LogP) is 4.09. The fraction of sp³-hybridized carbons (Fsp3) is 0.0556. The maximum atomic E-state index is 12.3. The Kier molecular flexibility index (Phi) is 5.29. The van der Waals surface area contributed by atoms with Crippen molar-refractivity contribution >= 4 is 35.1 Å². The van der Waals surface area contributed by atoms with Gasteiger partial charge in [-0.15, -0.1) is 0 Å². The molecule has 0 heterocycles. The van der Waals surface area contributed by atoms with Gasteiger partial charge in [0, 0.05) is 10.6 Å². The summed E-state index contributed by atoms with van der Waals surface area (Å²) < 4.78 is 0. The Balaban J connectivity index is 2.31. The smallest absolute Gasteiger partial charge is 0.266 e. The van der Waals surface area contributed by atoms with E-state index in [2.05, 4.69) is 5.32 Å². The normalized spacial score (nSPS) is 10.7. The van der Waals surface area contributed by atoms with Crippen LogP contribution in [0.15, 0.2) is 54.1 Å². The van der Waals surface area contributed by atoms with E-state index in [0.717, 1.165) is 0 Å². The van der Waals surface area contributed by atoms with Gasteiger partial charge < -0.3 is 5.32 Å². The maximum absolute atomic E-state index is 12.3. The van der Waals surface area contributed by atoms with Crippen LogP contribution >= 0.6 is 11.6 Å². The van der Waals surface area contributed by atoms with Crippen molar-refractivity contribution in [1.82, 2.24) is 0 Å². The zero-order chi connectivity index (χ0) is 16.8. The molecular weight excluding hydrogens is 312 g/mol. The molecule has 0 atom stereocenters. The highest BCUT2D eigenvalue weighted by atomic mass is 35.5. The number of nitrogens with zero attached hydrogens (tertiary/aromatic N) is 1. The molecule has 23 heavy (non-hydrogen) atoms. The van der Waals surface area contributed by atoms with Crippen molar-refractivity contribution < 1.29 is 9.59 Å². The second-order valence-corrected chi connectivity index (χ2v) is 5.15. The summed E-state index contributed by atoms with van der Waals surface area (Å²) in [7, 11) is 0. The first kappa shape index (κ1) is 16.5. The Morgan fingerprint density at radius 3 is 2.43 bits per heavy atom. The van der Waals surface area contributed by atoms with E-state index in [0.29, 0.717) is 21.8 Å². The molecule has 0 saturated carbocycles. The van der Waals surface area contributed by atoms with Crippen LogP contribution < -0.4 is 5.32 Å². The molecule has 4 nitrogen and oxygen atoms in total. The number of nitriles is 1. The number of halogens is 1. The average molecular weight is 325 g/mol. The van der Waals surface area contributed by atoms with Crippen LogP contribution in [0, 0.1) is 11.3 Å². The quantitative estimate of drug-likeness (QED) is 0.523. The number of benzene rings is 2. The van der Waals surface area contributed by atoms with Crippen LogP contribution in [0.3, 0.4) is 0 Å². The number of carbonyl (C=O) groups is 2. The fourth-order valence-corrected chi connectivity index (χ4v) is 2.18. The lowest BCUT2D eigenvalue weighted by Crippen LogP contribution is -2.15. The number of Topliss-reactive ketones (excluding diaryl/α,β-unsaturated/α-hetero) is 1. The minimum Gasteiger partial charge on any atom is -0.321 e. The van der Waals surface area contributed by atoms with Crippen LogP contribution in [0.4, 0.5) is 5.69 Å². The summed E-state index contributed by atoms with van der Waals surface area (Å²) in [4.78, 5) is 23.9. The molecule has 0 spiro atoms. The summed E-state index contributed by atoms with van der Waals surface area (Å²) in [6, 6.07) is 15.4. The van der Waals surface area contributed by atoms with Crippen molar-refractivity contribution in [1.29, 1.82) is 5.26 Å². The number of ketones is 1. The number of rotatable bonds is 4. The van der Waals surface area contributed by atoms with Gasteiger partial charge >= 0.3 is 0 Å². The van der Waals surface area contributed by atoms with Crippen LogP contribution in [-0.4, -0.2) is 11.7 Å². The monoisotopic (exact) mass is 324 g/mol. The number of carbonyl (C=O) groups excluding carboxylic acids is 2. The second-order valence-electron chi connectivity index (χ2n) is 4.75. The number of hydrogen-bond acceptors (Lipinski definition) is 3. The first-order valence-electron chi connectivity index (χ1n) is 6.80. The van der Waals surface area contributed by atoms with Gasteiger partial charge in [-0.05, 0) is 36.8 Å². The van der Waals surface area contributed by atoms with Crippen molar-refractivity contribution in [2.45, 2.75) is 6.92 Å². The van der Waals surface area contributed by atoms with Gasteiger partial charge in [-0.25, -0.2) is 0 Å². The van der Waals surface area contributed by atoms with Gasteiger partial charge in [0.25, 0.3) is 5.91 Å². The molecule has 2 rings (SSSR count). The first-order valence-corrected chi connectivity index (χ1v) is 7.18. The van der Waals surface area contributed by atoms with E-state index in [4.69, 9.17) is 11.6 Å². The van der Waals surface area contributed by atoms with Crippen LogP contribution in [-0.2, 0) is 4.79 Å². The molecule has 0 aromatic heterocycles. The summed E-state index contributed by atoms with van der Waals surface area (Å²) in [6.07, 6.45) is 1.41.